The minimum atomic E-state index is -5.10. The number of carbonyl (C=O) groups excluding carboxylic acids is 1. The van der Waals surface area contributed by atoms with E-state index in [0.29, 0.717) is 19.3 Å². The maximum Gasteiger partial charge on any atom is 0.397 e. The van der Waals surface area contributed by atoms with Gasteiger partial charge in [0.1, 0.15) is 30.5 Å². The van der Waals surface area contributed by atoms with Gasteiger partial charge in [0.15, 0.2) is 6.29 Å². The lowest BCUT2D eigenvalue weighted by Crippen LogP contribution is -2.61. The summed E-state index contributed by atoms with van der Waals surface area (Å²) in [6.07, 6.45) is 28.7. The summed E-state index contributed by atoms with van der Waals surface area (Å²) >= 11 is 0. The van der Waals surface area contributed by atoms with Crippen molar-refractivity contribution >= 4 is 16.3 Å². The number of hydrogen-bond donors (Lipinski definition) is 7. The van der Waals surface area contributed by atoms with Crippen molar-refractivity contribution in [1.29, 1.82) is 0 Å². The molecule has 61 heavy (non-hydrogen) atoms. The van der Waals surface area contributed by atoms with Crippen LogP contribution in [-0.4, -0.2) is 107 Å². The Kier molecular flexibility index (Phi) is 36.5. The van der Waals surface area contributed by atoms with Crippen LogP contribution >= 0.6 is 0 Å². The molecule has 0 spiro atoms. The fraction of sp³-hybridized carbons (Fsp3) is 0.979. The van der Waals surface area contributed by atoms with Gasteiger partial charge in [0, 0.05) is 0 Å². The van der Waals surface area contributed by atoms with Crippen molar-refractivity contribution in [3.05, 3.63) is 0 Å². The summed E-state index contributed by atoms with van der Waals surface area (Å²) in [7, 11) is -5.10. The summed E-state index contributed by atoms with van der Waals surface area (Å²) in [6.45, 7) is 3.28. The van der Waals surface area contributed by atoms with Crippen molar-refractivity contribution in [2.75, 3.05) is 13.2 Å². The number of aliphatic hydroxyl groups is 5. The van der Waals surface area contributed by atoms with Crippen LogP contribution in [0.2, 0.25) is 0 Å². The molecule has 0 aromatic heterocycles. The van der Waals surface area contributed by atoms with Crippen molar-refractivity contribution in [3.8, 4) is 0 Å². The van der Waals surface area contributed by atoms with Crippen molar-refractivity contribution < 1.29 is 57.0 Å². The van der Waals surface area contributed by atoms with Gasteiger partial charge < -0.3 is 40.3 Å². The molecular weight excluding hydrogens is 803 g/mol. The van der Waals surface area contributed by atoms with Gasteiger partial charge in [-0.3, -0.25) is 9.35 Å². The van der Waals surface area contributed by atoms with Crippen molar-refractivity contribution in [2.24, 2.45) is 0 Å². The van der Waals surface area contributed by atoms with E-state index >= 15 is 0 Å². The number of ether oxygens (including phenoxy) is 2. The molecule has 0 aromatic rings. The first kappa shape index (κ1) is 58.1. The normalized spacial score (nSPS) is 21.1. The van der Waals surface area contributed by atoms with Crippen LogP contribution < -0.4 is 5.32 Å². The summed E-state index contributed by atoms with van der Waals surface area (Å²) in [4.78, 5) is 13.1. The van der Waals surface area contributed by atoms with Gasteiger partial charge in [-0.2, -0.15) is 8.42 Å². The molecule has 364 valence electrons. The molecule has 1 aliphatic heterocycles. The molecule has 0 radical (unpaired) electrons. The summed E-state index contributed by atoms with van der Waals surface area (Å²) in [5.74, 6) is -0.666. The number of hydrogen-bond acceptors (Lipinski definition) is 11. The highest BCUT2D eigenvalue weighted by Crippen LogP contribution is 2.26. The zero-order valence-corrected chi connectivity index (χ0v) is 39.4. The Balaban J connectivity index is 2.43. The number of carbonyl (C=O) groups is 1. The quantitative estimate of drug-likeness (QED) is 0.0226. The van der Waals surface area contributed by atoms with Crippen molar-refractivity contribution in [3.63, 3.8) is 0 Å². The SMILES string of the molecule is CCCCCCCCCCCCCCCCCCCCCCCC(O)C(=O)NC(COC1OC(CO)C(O)C(OS(=O)(=O)O)C1O)C(O)CCCCCCCCCCCCC. The molecular formula is C47H93NO12S. The summed E-state index contributed by atoms with van der Waals surface area (Å²) < 4.78 is 47.6. The molecule has 0 saturated carbocycles. The molecule has 1 heterocycles. The van der Waals surface area contributed by atoms with E-state index in [4.69, 9.17) is 9.47 Å². The molecule has 0 aliphatic carbocycles. The van der Waals surface area contributed by atoms with E-state index in [0.717, 1.165) is 38.5 Å². The molecule has 1 saturated heterocycles. The average Bonchev–Trinajstić information content (AvgIpc) is 3.23. The van der Waals surface area contributed by atoms with Gasteiger partial charge in [0.05, 0.1) is 25.4 Å². The predicted octanol–water partition coefficient (Wildman–Crippen LogP) is 9.14. The van der Waals surface area contributed by atoms with E-state index in [1.54, 1.807) is 0 Å². The van der Waals surface area contributed by atoms with Gasteiger partial charge in [-0.25, -0.2) is 4.18 Å². The van der Waals surface area contributed by atoms with Crippen molar-refractivity contribution in [1.82, 2.24) is 5.32 Å². The smallest absolute Gasteiger partial charge is 0.394 e. The van der Waals surface area contributed by atoms with Gasteiger partial charge in [-0.1, -0.05) is 219 Å². The molecule has 8 atom stereocenters. The molecule has 14 heteroatoms. The van der Waals surface area contributed by atoms with Crippen LogP contribution in [0.5, 0.6) is 0 Å². The van der Waals surface area contributed by atoms with Gasteiger partial charge in [0.2, 0.25) is 5.91 Å². The van der Waals surface area contributed by atoms with Crippen molar-refractivity contribution in [2.45, 2.75) is 281 Å². The maximum absolute atomic E-state index is 13.1. The third-order valence-corrected chi connectivity index (χ3v) is 12.7. The Morgan fingerprint density at radius 3 is 1.31 bits per heavy atom. The lowest BCUT2D eigenvalue weighted by molar-refractivity contribution is -0.298. The molecule has 8 unspecified atom stereocenters. The van der Waals surface area contributed by atoms with Crippen LogP contribution in [0.3, 0.4) is 0 Å². The second kappa shape index (κ2) is 38.3. The second-order valence-corrected chi connectivity index (χ2v) is 19.0. The Morgan fingerprint density at radius 2 is 0.951 bits per heavy atom. The van der Waals surface area contributed by atoms with Crippen LogP contribution in [0, 0.1) is 0 Å². The first-order valence-electron chi connectivity index (χ1n) is 25.0. The lowest BCUT2D eigenvalue weighted by atomic mass is 9.99. The zero-order chi connectivity index (χ0) is 45.0. The first-order chi connectivity index (χ1) is 29.4. The van der Waals surface area contributed by atoms with Gasteiger partial charge in [0.25, 0.3) is 0 Å². The fourth-order valence-electron chi connectivity index (χ4n) is 8.29. The van der Waals surface area contributed by atoms with Gasteiger partial charge in [-0.05, 0) is 12.8 Å². The summed E-state index contributed by atoms with van der Waals surface area (Å²) in [5, 5.41) is 55.4. The highest BCUT2D eigenvalue weighted by atomic mass is 32.3. The number of rotatable bonds is 43. The highest BCUT2D eigenvalue weighted by molar-refractivity contribution is 7.80. The van der Waals surface area contributed by atoms with E-state index in [-0.39, 0.29) is 6.42 Å². The summed E-state index contributed by atoms with van der Waals surface area (Å²) in [6, 6.07) is -1.03. The molecule has 1 amide bonds. The first-order valence-corrected chi connectivity index (χ1v) is 26.4. The van der Waals surface area contributed by atoms with Gasteiger partial charge in [-0.15, -0.1) is 0 Å². The van der Waals surface area contributed by atoms with E-state index in [2.05, 4.69) is 23.3 Å². The molecule has 0 aromatic carbocycles. The standard InChI is InChI=1S/C47H93NO12S/c1-3-5-7-9-11-13-15-16-17-18-19-20-21-22-23-24-26-28-30-32-34-36-41(51)46(54)48-39(40(50)35-33-31-29-27-25-14-12-10-8-6-4-2)38-58-47-44(53)45(60-61(55,56)57)43(52)42(37-49)59-47/h39-45,47,49-53H,3-38H2,1-2H3,(H,48,54)(H,55,56,57). The highest BCUT2D eigenvalue weighted by Gasteiger charge is 2.48. The summed E-state index contributed by atoms with van der Waals surface area (Å²) in [5.41, 5.74) is 0. The minimum Gasteiger partial charge on any atom is -0.394 e. The number of amides is 1. The van der Waals surface area contributed by atoms with E-state index in [9.17, 15) is 43.3 Å². The third-order valence-electron chi connectivity index (χ3n) is 12.3. The number of nitrogens with one attached hydrogen (secondary N) is 1. The van der Waals surface area contributed by atoms with E-state index in [1.807, 2.05) is 0 Å². The van der Waals surface area contributed by atoms with E-state index in [1.165, 1.54) is 154 Å². The second-order valence-electron chi connectivity index (χ2n) is 17.9. The van der Waals surface area contributed by atoms with Gasteiger partial charge >= 0.3 is 10.4 Å². The van der Waals surface area contributed by atoms with Crippen LogP contribution in [0.15, 0.2) is 0 Å². The molecule has 7 N–H and O–H groups in total. The average molecular weight is 896 g/mol. The molecule has 0 bridgehead atoms. The topological polar surface area (TPSA) is 212 Å². The monoisotopic (exact) mass is 896 g/mol. The minimum absolute atomic E-state index is 0.266. The third kappa shape index (κ3) is 30.8. The predicted molar refractivity (Wildman–Crippen MR) is 242 cm³/mol. The Morgan fingerprint density at radius 1 is 0.590 bits per heavy atom. The van der Waals surface area contributed by atoms with Crippen LogP contribution in [0.4, 0.5) is 0 Å². The molecule has 1 rings (SSSR count). The lowest BCUT2D eigenvalue weighted by Gasteiger charge is -2.41. The fourth-order valence-corrected chi connectivity index (χ4v) is 8.80. The Labute approximate surface area is 371 Å². The van der Waals surface area contributed by atoms with Crippen LogP contribution in [0.25, 0.3) is 0 Å². The zero-order valence-electron chi connectivity index (χ0n) is 38.6. The Hall–Kier alpha value is -0.940. The molecule has 13 nitrogen and oxygen atoms in total. The van der Waals surface area contributed by atoms with E-state index < -0.39 is 78.5 Å². The maximum atomic E-state index is 13.1. The molecule has 1 aliphatic rings. The number of unbranched alkanes of at least 4 members (excludes halogenated alkanes) is 30. The largest absolute Gasteiger partial charge is 0.397 e. The van der Waals surface area contributed by atoms with Crippen LogP contribution in [-0.2, 0) is 28.9 Å². The Bertz CT molecular complexity index is 1120. The van der Waals surface area contributed by atoms with Crippen LogP contribution in [0.1, 0.15) is 232 Å². The molecule has 1 fully saturated rings. The number of aliphatic hydroxyl groups excluding tert-OH is 5.